The average Bonchev–Trinajstić information content (AvgIpc) is 3.95. The summed E-state index contributed by atoms with van der Waals surface area (Å²) < 4.78 is 4.68. The van der Waals surface area contributed by atoms with E-state index in [0.29, 0.717) is 17.6 Å². The summed E-state index contributed by atoms with van der Waals surface area (Å²) in [6.45, 7) is 0. The minimum absolute atomic E-state index is 0.562. The van der Waals surface area contributed by atoms with Crippen LogP contribution in [-0.2, 0) is 0 Å². The number of nitrogens with zero attached hydrogens (tertiary/aromatic N) is 5. The van der Waals surface area contributed by atoms with E-state index in [0.717, 1.165) is 71.2 Å². The molecule has 0 aliphatic carbocycles. The summed E-state index contributed by atoms with van der Waals surface area (Å²) >= 11 is 0. The largest absolute Gasteiger partial charge is 0.309 e. The molecule has 0 aliphatic rings. The molecule has 0 saturated carbocycles. The van der Waals surface area contributed by atoms with Gasteiger partial charge in [0, 0.05) is 38.4 Å². The van der Waals surface area contributed by atoms with Crippen LogP contribution in [0.1, 0.15) is 0 Å². The summed E-state index contributed by atoms with van der Waals surface area (Å²) in [6.07, 6.45) is 0. The van der Waals surface area contributed by atoms with Crippen molar-refractivity contribution in [1.82, 2.24) is 24.1 Å². The summed E-state index contributed by atoms with van der Waals surface area (Å²) in [6, 6.07) is 94.6. The summed E-state index contributed by atoms with van der Waals surface area (Å²) in [5.41, 5.74) is 7.30. The highest BCUT2D eigenvalue weighted by Gasteiger charge is 2.41. The lowest BCUT2D eigenvalue weighted by atomic mass is 10.0. The van der Waals surface area contributed by atoms with Gasteiger partial charge in [0.15, 0.2) is 19.7 Å². The Balaban J connectivity index is 1.02. The van der Waals surface area contributed by atoms with Crippen molar-refractivity contribution >= 4 is 94.0 Å². The smallest absolute Gasteiger partial charge is 0.238 e. The van der Waals surface area contributed by atoms with Crippen molar-refractivity contribution in [3.05, 3.63) is 261 Å². The van der Waals surface area contributed by atoms with Crippen LogP contribution in [0.25, 0.3) is 99.6 Å². The van der Waals surface area contributed by atoms with Crippen LogP contribution in [0.2, 0.25) is 0 Å². The number of rotatable bonds is 8. The molecule has 0 unspecified atom stereocenters. The highest BCUT2D eigenvalue weighted by atomic mass is 28.3. The average molecular weight is 922 g/mol. The molecule has 0 spiro atoms. The summed E-state index contributed by atoms with van der Waals surface area (Å²) in [4.78, 5) is 16.2. The molecule has 11 aromatic carbocycles. The summed E-state index contributed by atoms with van der Waals surface area (Å²) in [7, 11) is -2.74. The summed E-state index contributed by atoms with van der Waals surface area (Å²) in [5.74, 6) is 1.81. The van der Waals surface area contributed by atoms with Gasteiger partial charge in [-0.1, -0.05) is 224 Å². The van der Waals surface area contributed by atoms with Gasteiger partial charge >= 0.3 is 0 Å². The maximum Gasteiger partial charge on any atom is 0.238 e. The van der Waals surface area contributed by atoms with Crippen LogP contribution in [0.15, 0.2) is 261 Å². The topological polar surface area (TPSA) is 48.5 Å². The second-order valence-corrected chi connectivity index (χ2v) is 22.1. The number of hydrogen-bond donors (Lipinski definition) is 0. The predicted molar refractivity (Wildman–Crippen MR) is 298 cm³/mol. The number of benzene rings is 11. The van der Waals surface area contributed by atoms with Crippen molar-refractivity contribution in [3.63, 3.8) is 0 Å². The lowest BCUT2D eigenvalue weighted by Gasteiger charge is -2.34. The van der Waals surface area contributed by atoms with E-state index >= 15 is 0 Å². The molecule has 3 aromatic heterocycles. The van der Waals surface area contributed by atoms with Crippen LogP contribution in [0.3, 0.4) is 0 Å². The van der Waals surface area contributed by atoms with Crippen molar-refractivity contribution in [3.8, 4) is 34.4 Å². The molecule has 0 N–H and O–H groups in total. The zero-order chi connectivity index (χ0) is 46.9. The molecule has 0 amide bonds. The van der Waals surface area contributed by atoms with E-state index in [-0.39, 0.29) is 0 Å². The van der Waals surface area contributed by atoms with E-state index in [2.05, 4.69) is 270 Å². The van der Waals surface area contributed by atoms with Crippen molar-refractivity contribution < 1.29 is 0 Å². The SMILES string of the molecule is c1ccc([Si](c2ccccc2)(c2ccccc2)c2ccc(-n3c4ccccc4c4cc5c6ccccc6n(-c6nc(-c7cccc8ccccc78)nc(-c7cccc8ccccc78)n6)c5cc43)cc2)cc1. The molecule has 0 bridgehead atoms. The lowest BCUT2D eigenvalue weighted by Crippen LogP contribution is -2.74. The van der Waals surface area contributed by atoms with Crippen molar-refractivity contribution in [2.24, 2.45) is 0 Å². The highest BCUT2D eigenvalue weighted by molar-refractivity contribution is 7.19. The predicted octanol–water partition coefficient (Wildman–Crippen LogP) is 13.1. The first-order valence-electron chi connectivity index (χ1n) is 24.2. The van der Waals surface area contributed by atoms with Crippen LogP contribution in [0.5, 0.6) is 0 Å². The first-order chi connectivity index (χ1) is 35.2. The third-order valence-electron chi connectivity index (χ3n) is 14.5. The van der Waals surface area contributed by atoms with Gasteiger partial charge in [0.25, 0.3) is 0 Å². The standard InChI is InChI=1S/C65H43N5Si/c1-4-24-47(25-5-1)71(48-26-6-2-7-27-48,49-28-8-3-9-29-49)50-40-38-46(39-41-50)69-59-36-16-14-32-53(59)57-42-58-54-33-15-17-37-60(54)70(62(58)43-61(57)69)65-67-63(55-34-18-22-44-20-10-12-30-51(44)55)66-64(68-65)56-35-19-23-45-21-11-13-31-52(45)56/h1-43H. The van der Waals surface area contributed by atoms with Gasteiger partial charge in [-0.2, -0.15) is 9.97 Å². The second kappa shape index (κ2) is 16.5. The second-order valence-electron chi connectivity index (χ2n) is 18.3. The Kier molecular flexibility index (Phi) is 9.47. The Hall–Kier alpha value is -9.23. The molecule has 0 fully saturated rings. The number of fused-ring (bicyclic) bond motifs is 8. The fourth-order valence-electron chi connectivity index (χ4n) is 11.4. The fourth-order valence-corrected chi connectivity index (χ4v) is 16.1. The maximum absolute atomic E-state index is 5.45. The summed E-state index contributed by atoms with van der Waals surface area (Å²) in [5, 5.41) is 14.5. The Bertz CT molecular complexity index is 4130. The van der Waals surface area contributed by atoms with E-state index in [4.69, 9.17) is 15.0 Å². The van der Waals surface area contributed by atoms with Gasteiger partial charge in [-0.15, -0.1) is 0 Å². The van der Waals surface area contributed by atoms with Crippen molar-refractivity contribution in [2.45, 2.75) is 0 Å². The first-order valence-corrected chi connectivity index (χ1v) is 26.2. The normalized spacial score (nSPS) is 11.9. The third-order valence-corrected chi connectivity index (χ3v) is 19.3. The molecule has 14 rings (SSSR count). The highest BCUT2D eigenvalue weighted by Crippen LogP contribution is 2.40. The first kappa shape index (κ1) is 40.8. The zero-order valence-electron chi connectivity index (χ0n) is 38.6. The molecule has 14 aromatic rings. The Morgan fingerprint density at radius 3 is 1.17 bits per heavy atom. The molecule has 332 valence electrons. The maximum atomic E-state index is 5.45. The van der Waals surface area contributed by atoms with E-state index < -0.39 is 8.07 Å². The van der Waals surface area contributed by atoms with Gasteiger partial charge in [-0.05, 0) is 78.7 Å². The van der Waals surface area contributed by atoms with Gasteiger partial charge in [-0.25, -0.2) is 4.98 Å². The minimum Gasteiger partial charge on any atom is -0.309 e. The molecule has 0 atom stereocenters. The van der Waals surface area contributed by atoms with Gasteiger partial charge in [0.1, 0.15) is 0 Å². The molecule has 0 aliphatic heterocycles. The molecule has 0 saturated heterocycles. The molecule has 3 heterocycles. The Morgan fingerprint density at radius 1 is 0.268 bits per heavy atom. The molecule has 0 radical (unpaired) electrons. The van der Waals surface area contributed by atoms with Gasteiger partial charge < -0.3 is 4.57 Å². The minimum atomic E-state index is -2.74. The van der Waals surface area contributed by atoms with Crippen LogP contribution < -0.4 is 20.7 Å². The van der Waals surface area contributed by atoms with E-state index in [1.807, 2.05) is 0 Å². The molecular weight excluding hydrogens is 879 g/mol. The van der Waals surface area contributed by atoms with Gasteiger partial charge in [0.05, 0.1) is 22.1 Å². The zero-order valence-corrected chi connectivity index (χ0v) is 39.6. The van der Waals surface area contributed by atoms with Crippen molar-refractivity contribution in [1.29, 1.82) is 0 Å². The monoisotopic (exact) mass is 921 g/mol. The van der Waals surface area contributed by atoms with Crippen LogP contribution in [0.4, 0.5) is 0 Å². The number of para-hydroxylation sites is 2. The van der Waals surface area contributed by atoms with Crippen molar-refractivity contribution in [2.75, 3.05) is 0 Å². The molecule has 6 heteroatoms. The van der Waals surface area contributed by atoms with Gasteiger partial charge in [-0.3, -0.25) is 4.57 Å². The van der Waals surface area contributed by atoms with Gasteiger partial charge in [0.2, 0.25) is 5.95 Å². The Morgan fingerprint density at radius 2 is 0.662 bits per heavy atom. The van der Waals surface area contributed by atoms with Crippen LogP contribution in [0, 0.1) is 0 Å². The van der Waals surface area contributed by atoms with Crippen LogP contribution >= 0.6 is 0 Å². The lowest BCUT2D eigenvalue weighted by molar-refractivity contribution is 0.955. The van der Waals surface area contributed by atoms with E-state index in [1.54, 1.807) is 0 Å². The quantitative estimate of drug-likeness (QED) is 0.113. The third kappa shape index (κ3) is 6.42. The molecule has 5 nitrogen and oxygen atoms in total. The van der Waals surface area contributed by atoms with E-state index in [1.165, 1.54) is 31.5 Å². The number of aromatic nitrogens is 5. The van der Waals surface area contributed by atoms with E-state index in [9.17, 15) is 0 Å². The van der Waals surface area contributed by atoms with Crippen LogP contribution in [-0.4, -0.2) is 32.2 Å². The fraction of sp³-hybridized carbons (Fsp3) is 0. The molecule has 71 heavy (non-hydrogen) atoms. The molecular formula is C65H43N5Si. The Labute approximate surface area is 411 Å². The number of hydrogen-bond acceptors (Lipinski definition) is 3.